The summed E-state index contributed by atoms with van der Waals surface area (Å²) in [6.07, 6.45) is 3.62. The van der Waals surface area contributed by atoms with Gasteiger partial charge < -0.3 is 5.73 Å². The summed E-state index contributed by atoms with van der Waals surface area (Å²) in [6.45, 7) is 11.1. The molecule has 114 valence electrons. The quantitative estimate of drug-likeness (QED) is 0.924. The SMILES string of the molecule is Cc1nn(C)c(C)c1C1C(N)CCCCN1CC(C)C. The van der Waals surface area contributed by atoms with Crippen molar-refractivity contribution in [2.75, 3.05) is 13.1 Å². The van der Waals surface area contributed by atoms with E-state index in [4.69, 9.17) is 5.73 Å². The molecule has 1 fully saturated rings. The highest BCUT2D eigenvalue weighted by molar-refractivity contribution is 5.30. The van der Waals surface area contributed by atoms with Gasteiger partial charge in [-0.1, -0.05) is 20.3 Å². The maximum absolute atomic E-state index is 6.55. The fourth-order valence-electron chi connectivity index (χ4n) is 3.55. The van der Waals surface area contributed by atoms with E-state index in [-0.39, 0.29) is 6.04 Å². The van der Waals surface area contributed by atoms with Crippen molar-refractivity contribution in [1.29, 1.82) is 0 Å². The van der Waals surface area contributed by atoms with E-state index < -0.39 is 0 Å². The fraction of sp³-hybridized carbons (Fsp3) is 0.812. The molecule has 2 heterocycles. The maximum atomic E-state index is 6.55. The lowest BCUT2D eigenvalue weighted by Crippen LogP contribution is -2.42. The normalized spacial score (nSPS) is 25.1. The molecular formula is C16H30N4. The van der Waals surface area contributed by atoms with Crippen molar-refractivity contribution >= 4 is 0 Å². The van der Waals surface area contributed by atoms with Gasteiger partial charge in [0.2, 0.25) is 0 Å². The van der Waals surface area contributed by atoms with Crippen LogP contribution in [0.25, 0.3) is 0 Å². The standard InChI is InChI=1S/C16H30N4/c1-11(2)10-20-9-7-6-8-14(17)16(20)15-12(3)18-19(5)13(15)4/h11,14,16H,6-10,17H2,1-5H3. The van der Waals surface area contributed by atoms with Gasteiger partial charge in [-0.15, -0.1) is 0 Å². The Hall–Kier alpha value is -0.870. The predicted molar refractivity (Wildman–Crippen MR) is 83.7 cm³/mol. The number of hydrogen-bond donors (Lipinski definition) is 1. The average molecular weight is 278 g/mol. The molecule has 1 saturated heterocycles. The van der Waals surface area contributed by atoms with Crippen molar-refractivity contribution in [2.24, 2.45) is 18.7 Å². The molecule has 0 saturated carbocycles. The molecule has 0 aromatic carbocycles. The summed E-state index contributed by atoms with van der Waals surface area (Å²) in [7, 11) is 2.03. The summed E-state index contributed by atoms with van der Waals surface area (Å²) in [5.74, 6) is 0.667. The van der Waals surface area contributed by atoms with Gasteiger partial charge in [0.1, 0.15) is 0 Å². The van der Waals surface area contributed by atoms with Crippen molar-refractivity contribution in [2.45, 2.75) is 59.0 Å². The van der Waals surface area contributed by atoms with Gasteiger partial charge in [-0.3, -0.25) is 9.58 Å². The molecule has 2 atom stereocenters. The van der Waals surface area contributed by atoms with E-state index in [0.717, 1.165) is 25.2 Å². The van der Waals surface area contributed by atoms with Crippen LogP contribution in [-0.4, -0.2) is 33.8 Å². The summed E-state index contributed by atoms with van der Waals surface area (Å²) in [4.78, 5) is 2.60. The van der Waals surface area contributed by atoms with E-state index in [0.29, 0.717) is 12.0 Å². The predicted octanol–water partition coefficient (Wildman–Crippen LogP) is 2.55. The zero-order valence-corrected chi connectivity index (χ0v) is 13.7. The third-order valence-electron chi connectivity index (χ3n) is 4.49. The van der Waals surface area contributed by atoms with Gasteiger partial charge in [0.25, 0.3) is 0 Å². The molecule has 1 aromatic heterocycles. The van der Waals surface area contributed by atoms with Crippen LogP contribution >= 0.6 is 0 Å². The van der Waals surface area contributed by atoms with Crippen molar-refractivity contribution in [3.8, 4) is 0 Å². The average Bonchev–Trinajstić information content (AvgIpc) is 2.51. The van der Waals surface area contributed by atoms with Crippen LogP contribution in [0, 0.1) is 19.8 Å². The van der Waals surface area contributed by atoms with Gasteiger partial charge in [-0.05, 0) is 39.2 Å². The minimum Gasteiger partial charge on any atom is -0.326 e. The van der Waals surface area contributed by atoms with E-state index in [9.17, 15) is 0 Å². The zero-order valence-electron chi connectivity index (χ0n) is 13.7. The maximum Gasteiger partial charge on any atom is 0.0644 e. The number of aryl methyl sites for hydroxylation is 2. The number of rotatable bonds is 3. The molecule has 0 radical (unpaired) electrons. The molecule has 0 spiro atoms. The molecule has 1 aliphatic rings. The first-order chi connectivity index (χ1) is 9.41. The summed E-state index contributed by atoms with van der Waals surface area (Å²) in [6, 6.07) is 0.548. The van der Waals surface area contributed by atoms with Crippen LogP contribution in [0.3, 0.4) is 0 Å². The molecule has 20 heavy (non-hydrogen) atoms. The van der Waals surface area contributed by atoms with Crippen molar-refractivity contribution in [3.05, 3.63) is 17.0 Å². The Kier molecular flexibility index (Phi) is 4.86. The third kappa shape index (κ3) is 3.07. The number of aromatic nitrogens is 2. The van der Waals surface area contributed by atoms with Gasteiger partial charge in [-0.2, -0.15) is 5.10 Å². The minimum atomic E-state index is 0.220. The van der Waals surface area contributed by atoms with Crippen LogP contribution in [0.2, 0.25) is 0 Å². The second-order valence-corrected chi connectivity index (χ2v) is 6.70. The fourth-order valence-corrected chi connectivity index (χ4v) is 3.55. The monoisotopic (exact) mass is 278 g/mol. The van der Waals surface area contributed by atoms with Crippen LogP contribution < -0.4 is 5.73 Å². The van der Waals surface area contributed by atoms with Gasteiger partial charge >= 0.3 is 0 Å². The molecule has 4 nitrogen and oxygen atoms in total. The lowest BCUT2D eigenvalue weighted by Gasteiger charge is -2.35. The largest absolute Gasteiger partial charge is 0.326 e. The first-order valence-corrected chi connectivity index (χ1v) is 7.91. The first kappa shape index (κ1) is 15.5. The number of nitrogens with two attached hydrogens (primary N) is 1. The molecular weight excluding hydrogens is 248 g/mol. The molecule has 2 rings (SSSR count). The highest BCUT2D eigenvalue weighted by atomic mass is 15.3. The Morgan fingerprint density at radius 1 is 1.30 bits per heavy atom. The summed E-state index contributed by atoms with van der Waals surface area (Å²) >= 11 is 0. The zero-order chi connectivity index (χ0) is 14.9. The van der Waals surface area contributed by atoms with E-state index >= 15 is 0 Å². The first-order valence-electron chi connectivity index (χ1n) is 7.91. The lowest BCUT2D eigenvalue weighted by molar-refractivity contribution is 0.164. The number of likely N-dealkylation sites (tertiary alicyclic amines) is 1. The Balaban J connectivity index is 2.39. The summed E-state index contributed by atoms with van der Waals surface area (Å²) in [5.41, 5.74) is 10.3. The highest BCUT2D eigenvalue weighted by Crippen LogP contribution is 2.33. The van der Waals surface area contributed by atoms with Crippen LogP contribution in [-0.2, 0) is 7.05 Å². The number of hydrogen-bond acceptors (Lipinski definition) is 3. The van der Waals surface area contributed by atoms with Gasteiger partial charge in [0.05, 0.1) is 11.7 Å². The second-order valence-electron chi connectivity index (χ2n) is 6.70. The molecule has 0 bridgehead atoms. The number of nitrogens with zero attached hydrogens (tertiary/aromatic N) is 3. The third-order valence-corrected chi connectivity index (χ3v) is 4.49. The van der Waals surface area contributed by atoms with Crippen molar-refractivity contribution in [1.82, 2.24) is 14.7 Å². The van der Waals surface area contributed by atoms with Gasteiger partial charge in [-0.25, -0.2) is 0 Å². The molecule has 1 aromatic rings. The molecule has 1 aliphatic heterocycles. The Bertz CT molecular complexity index is 450. The Morgan fingerprint density at radius 3 is 2.55 bits per heavy atom. The van der Waals surface area contributed by atoms with E-state index in [1.54, 1.807) is 0 Å². The minimum absolute atomic E-state index is 0.220. The van der Waals surface area contributed by atoms with Crippen LogP contribution in [0.15, 0.2) is 0 Å². The van der Waals surface area contributed by atoms with E-state index in [2.05, 4.69) is 37.7 Å². The Labute approximate surface area is 123 Å². The molecule has 2 N–H and O–H groups in total. The van der Waals surface area contributed by atoms with E-state index in [1.807, 2.05) is 11.7 Å². The van der Waals surface area contributed by atoms with Crippen molar-refractivity contribution < 1.29 is 0 Å². The van der Waals surface area contributed by atoms with Crippen molar-refractivity contribution in [3.63, 3.8) is 0 Å². The lowest BCUT2D eigenvalue weighted by atomic mass is 9.94. The molecule has 4 heteroatoms. The van der Waals surface area contributed by atoms with Gasteiger partial charge in [0, 0.05) is 30.9 Å². The molecule has 2 unspecified atom stereocenters. The smallest absolute Gasteiger partial charge is 0.0644 e. The summed E-state index contributed by atoms with van der Waals surface area (Å²) < 4.78 is 2.00. The summed E-state index contributed by atoms with van der Waals surface area (Å²) in [5, 5.41) is 4.60. The molecule has 0 aliphatic carbocycles. The Morgan fingerprint density at radius 2 is 2.00 bits per heavy atom. The molecule has 0 amide bonds. The van der Waals surface area contributed by atoms with E-state index in [1.165, 1.54) is 24.1 Å². The van der Waals surface area contributed by atoms with Gasteiger partial charge in [0.15, 0.2) is 0 Å². The topological polar surface area (TPSA) is 47.1 Å². The second kappa shape index (κ2) is 6.27. The highest BCUT2D eigenvalue weighted by Gasteiger charge is 2.32. The van der Waals surface area contributed by atoms with Crippen LogP contribution in [0.4, 0.5) is 0 Å². The van der Waals surface area contributed by atoms with Crippen LogP contribution in [0.1, 0.15) is 56.1 Å². The van der Waals surface area contributed by atoms with Crippen LogP contribution in [0.5, 0.6) is 0 Å².